The van der Waals surface area contributed by atoms with E-state index in [1.807, 2.05) is 66.7 Å². The molecule has 6 aromatic rings. The molecule has 0 saturated heterocycles. The minimum atomic E-state index is -0.229. The Balaban J connectivity index is 1.28. The van der Waals surface area contributed by atoms with Crippen LogP contribution in [0.1, 0.15) is 25.0 Å². The maximum Gasteiger partial charge on any atom is 0.178 e. The van der Waals surface area contributed by atoms with Crippen LogP contribution in [0, 0.1) is 0 Å². The number of benzene rings is 5. The zero-order valence-corrected chi connectivity index (χ0v) is 22.8. The fourth-order valence-electron chi connectivity index (χ4n) is 6.03. The summed E-state index contributed by atoms with van der Waals surface area (Å²) in [5.74, 6) is 3.70. The number of fused-ring (bicyclic) bond motifs is 6. The summed E-state index contributed by atoms with van der Waals surface area (Å²) in [5, 5.41) is 0. The molecule has 0 atom stereocenters. The third-order valence-corrected chi connectivity index (χ3v) is 8.16. The van der Waals surface area contributed by atoms with Crippen molar-refractivity contribution >= 4 is 0 Å². The van der Waals surface area contributed by atoms with E-state index in [2.05, 4.69) is 68.4 Å². The van der Waals surface area contributed by atoms with E-state index in [9.17, 15) is 0 Å². The first-order valence-corrected chi connectivity index (χ1v) is 13.8. The second kappa shape index (κ2) is 8.90. The van der Waals surface area contributed by atoms with Crippen LogP contribution < -0.4 is 9.47 Å². The standard InChI is InChI=1S/C37H26N2O2/c1-37(2)27-19-20-33-35(41-32-16-10-9-15-31(32)40-33)34(27)26-18-17-25(21-28(26)37)30-22-29(23-11-5-3-6-12-23)38-36(39-30)24-13-7-4-8-14-24/h3-22H,1-2H3. The van der Waals surface area contributed by atoms with Gasteiger partial charge in [-0.15, -0.1) is 0 Å². The van der Waals surface area contributed by atoms with Crippen molar-refractivity contribution in [3.8, 4) is 68.0 Å². The van der Waals surface area contributed by atoms with Crippen LogP contribution in [0.4, 0.5) is 0 Å². The molecule has 0 amide bonds. The highest BCUT2D eigenvalue weighted by Crippen LogP contribution is 2.58. The Bertz CT molecular complexity index is 1910. The minimum Gasteiger partial charge on any atom is -0.449 e. The van der Waals surface area contributed by atoms with Crippen molar-refractivity contribution in [3.63, 3.8) is 0 Å². The van der Waals surface area contributed by atoms with Crippen molar-refractivity contribution in [2.24, 2.45) is 0 Å². The van der Waals surface area contributed by atoms with Crippen LogP contribution in [-0.2, 0) is 5.41 Å². The minimum absolute atomic E-state index is 0.229. The molecule has 0 unspecified atom stereocenters. The van der Waals surface area contributed by atoms with E-state index in [0.29, 0.717) is 5.82 Å². The molecule has 8 rings (SSSR count). The Morgan fingerprint density at radius 3 is 1.88 bits per heavy atom. The second-order valence-electron chi connectivity index (χ2n) is 11.0. The molecule has 0 spiro atoms. The third kappa shape index (κ3) is 3.75. The molecule has 1 aromatic heterocycles. The van der Waals surface area contributed by atoms with E-state index in [0.717, 1.165) is 62.2 Å². The van der Waals surface area contributed by atoms with Crippen molar-refractivity contribution in [2.45, 2.75) is 19.3 Å². The number of aromatic nitrogens is 2. The Morgan fingerprint density at radius 1 is 0.512 bits per heavy atom. The molecular formula is C37H26N2O2. The lowest BCUT2D eigenvalue weighted by atomic mass is 9.81. The maximum absolute atomic E-state index is 6.47. The van der Waals surface area contributed by atoms with E-state index >= 15 is 0 Å². The van der Waals surface area contributed by atoms with Crippen molar-refractivity contribution in [1.82, 2.24) is 9.97 Å². The van der Waals surface area contributed by atoms with Crippen LogP contribution >= 0.6 is 0 Å². The summed E-state index contributed by atoms with van der Waals surface area (Å²) < 4.78 is 12.7. The monoisotopic (exact) mass is 530 g/mol. The Morgan fingerprint density at radius 2 is 1.15 bits per heavy atom. The largest absolute Gasteiger partial charge is 0.449 e. The molecule has 4 nitrogen and oxygen atoms in total. The molecule has 1 aliphatic carbocycles. The zero-order valence-electron chi connectivity index (χ0n) is 22.8. The summed E-state index contributed by atoms with van der Waals surface area (Å²) >= 11 is 0. The average molecular weight is 531 g/mol. The molecule has 4 heteroatoms. The van der Waals surface area contributed by atoms with Gasteiger partial charge in [-0.3, -0.25) is 0 Å². The fourth-order valence-corrected chi connectivity index (χ4v) is 6.03. The van der Waals surface area contributed by atoms with Gasteiger partial charge in [0.1, 0.15) is 0 Å². The van der Waals surface area contributed by atoms with Crippen molar-refractivity contribution in [3.05, 3.63) is 132 Å². The molecule has 1 aliphatic heterocycles. The molecule has 0 bridgehead atoms. The number of nitrogens with zero attached hydrogens (tertiary/aromatic N) is 2. The number of hydrogen-bond donors (Lipinski definition) is 0. The maximum atomic E-state index is 6.47. The lowest BCUT2D eigenvalue weighted by Gasteiger charge is -2.25. The zero-order chi connectivity index (χ0) is 27.6. The van der Waals surface area contributed by atoms with Gasteiger partial charge < -0.3 is 9.47 Å². The van der Waals surface area contributed by atoms with Crippen LogP contribution in [0.2, 0.25) is 0 Å². The van der Waals surface area contributed by atoms with Crippen LogP contribution in [0.15, 0.2) is 121 Å². The van der Waals surface area contributed by atoms with Crippen molar-refractivity contribution in [1.29, 1.82) is 0 Å². The number of hydrogen-bond acceptors (Lipinski definition) is 4. The Labute approximate surface area is 238 Å². The summed E-state index contributed by atoms with van der Waals surface area (Å²) in [6.45, 7) is 4.55. The highest BCUT2D eigenvalue weighted by molar-refractivity contribution is 5.89. The summed E-state index contributed by atoms with van der Waals surface area (Å²) in [6.07, 6.45) is 0. The lowest BCUT2D eigenvalue weighted by Crippen LogP contribution is -2.15. The van der Waals surface area contributed by atoms with Gasteiger partial charge in [0, 0.05) is 27.7 Å². The average Bonchev–Trinajstić information content (AvgIpc) is 3.26. The topological polar surface area (TPSA) is 44.2 Å². The molecular weight excluding hydrogens is 504 g/mol. The molecule has 41 heavy (non-hydrogen) atoms. The van der Waals surface area contributed by atoms with E-state index < -0.39 is 0 Å². The number of para-hydroxylation sites is 2. The van der Waals surface area contributed by atoms with E-state index in [-0.39, 0.29) is 5.41 Å². The third-order valence-electron chi connectivity index (χ3n) is 8.16. The van der Waals surface area contributed by atoms with E-state index in [4.69, 9.17) is 19.4 Å². The fraction of sp³-hybridized carbons (Fsp3) is 0.0811. The van der Waals surface area contributed by atoms with E-state index in [1.165, 1.54) is 11.1 Å². The van der Waals surface area contributed by atoms with Gasteiger partial charge in [-0.25, -0.2) is 9.97 Å². The summed E-state index contributed by atoms with van der Waals surface area (Å²) in [4.78, 5) is 10.0. The quantitative estimate of drug-likeness (QED) is 0.228. The molecule has 0 radical (unpaired) electrons. The molecule has 0 saturated carbocycles. The van der Waals surface area contributed by atoms with Crippen LogP contribution in [0.25, 0.3) is 45.0 Å². The summed E-state index contributed by atoms with van der Waals surface area (Å²) in [6, 6.07) is 41.2. The van der Waals surface area contributed by atoms with E-state index in [1.54, 1.807) is 0 Å². The summed E-state index contributed by atoms with van der Waals surface area (Å²) in [7, 11) is 0. The van der Waals surface area contributed by atoms with Gasteiger partial charge in [-0.1, -0.05) is 105 Å². The summed E-state index contributed by atoms with van der Waals surface area (Å²) in [5.41, 5.74) is 9.39. The molecule has 5 aromatic carbocycles. The molecule has 0 N–H and O–H groups in total. The van der Waals surface area contributed by atoms with Gasteiger partial charge in [0.25, 0.3) is 0 Å². The lowest BCUT2D eigenvalue weighted by molar-refractivity contribution is 0.360. The SMILES string of the molecule is CC1(C)c2cc(-c3cc(-c4ccccc4)nc(-c4ccccc4)n3)ccc2-c2c1ccc1c2Oc2ccccc2O1. The first-order chi connectivity index (χ1) is 20.1. The van der Waals surface area contributed by atoms with Crippen molar-refractivity contribution < 1.29 is 9.47 Å². The van der Waals surface area contributed by atoms with Gasteiger partial charge in [0.05, 0.1) is 11.4 Å². The second-order valence-corrected chi connectivity index (χ2v) is 11.0. The number of ether oxygens (including phenoxy) is 2. The first-order valence-electron chi connectivity index (χ1n) is 13.8. The molecule has 0 fully saturated rings. The first kappa shape index (κ1) is 23.6. The van der Waals surface area contributed by atoms with Crippen LogP contribution in [0.5, 0.6) is 23.0 Å². The molecule has 2 aliphatic rings. The normalized spacial score (nSPS) is 13.7. The highest BCUT2D eigenvalue weighted by Gasteiger charge is 2.40. The van der Waals surface area contributed by atoms with Gasteiger partial charge >= 0.3 is 0 Å². The smallest absolute Gasteiger partial charge is 0.178 e. The molecule has 196 valence electrons. The van der Waals surface area contributed by atoms with Gasteiger partial charge in [-0.2, -0.15) is 0 Å². The predicted octanol–water partition coefficient (Wildman–Crippen LogP) is 9.68. The Kier molecular flexibility index (Phi) is 5.13. The number of rotatable bonds is 3. The van der Waals surface area contributed by atoms with Crippen molar-refractivity contribution in [2.75, 3.05) is 0 Å². The Hall–Kier alpha value is -5.22. The van der Waals surface area contributed by atoms with Crippen LogP contribution in [0.3, 0.4) is 0 Å². The van der Waals surface area contributed by atoms with Gasteiger partial charge in [-0.05, 0) is 47.0 Å². The van der Waals surface area contributed by atoms with Crippen LogP contribution in [-0.4, -0.2) is 9.97 Å². The highest BCUT2D eigenvalue weighted by atomic mass is 16.6. The van der Waals surface area contributed by atoms with Gasteiger partial charge in [0.2, 0.25) is 0 Å². The van der Waals surface area contributed by atoms with Gasteiger partial charge in [0.15, 0.2) is 28.8 Å². The molecule has 2 heterocycles. The predicted molar refractivity (Wildman–Crippen MR) is 162 cm³/mol.